The Morgan fingerprint density at radius 1 is 1.19 bits per heavy atom. The number of aryl methyl sites for hydroxylation is 2. The smallest absolute Gasteiger partial charge is 0.280 e. The van der Waals surface area contributed by atoms with Crippen LogP contribution in [0.15, 0.2) is 12.3 Å². The third-order valence-corrected chi connectivity index (χ3v) is 3.64. The van der Waals surface area contributed by atoms with E-state index in [0.717, 1.165) is 37.2 Å². The standard InChI is InChI=1S/C14H17F2N5/c1-9-10(8-20(2)19-9)11-7-12(13(15)16)18-14(17-11)21-5-3-4-6-21/h7-8,13H,3-6H2,1-2H3. The van der Waals surface area contributed by atoms with Gasteiger partial charge in [0.2, 0.25) is 5.95 Å². The molecule has 0 aromatic carbocycles. The molecule has 0 N–H and O–H groups in total. The number of hydrogen-bond acceptors (Lipinski definition) is 4. The first-order valence-electron chi connectivity index (χ1n) is 6.97. The number of rotatable bonds is 3. The Hall–Kier alpha value is -2.05. The SMILES string of the molecule is Cc1nn(C)cc1-c1cc(C(F)F)nc(N2CCCC2)n1. The van der Waals surface area contributed by atoms with Gasteiger partial charge in [-0.2, -0.15) is 5.10 Å². The summed E-state index contributed by atoms with van der Waals surface area (Å²) in [6, 6.07) is 1.36. The highest BCUT2D eigenvalue weighted by atomic mass is 19.3. The molecule has 1 aliphatic rings. The summed E-state index contributed by atoms with van der Waals surface area (Å²) in [6.45, 7) is 3.48. The molecule has 0 atom stereocenters. The minimum absolute atomic E-state index is 0.231. The highest BCUT2D eigenvalue weighted by Crippen LogP contribution is 2.28. The lowest BCUT2D eigenvalue weighted by atomic mass is 10.1. The van der Waals surface area contributed by atoms with Gasteiger partial charge in [0.25, 0.3) is 6.43 Å². The van der Waals surface area contributed by atoms with Crippen LogP contribution in [0.1, 0.15) is 30.7 Å². The van der Waals surface area contributed by atoms with Crippen LogP contribution in [0, 0.1) is 6.92 Å². The van der Waals surface area contributed by atoms with Crippen LogP contribution < -0.4 is 4.90 Å². The molecular weight excluding hydrogens is 276 g/mol. The van der Waals surface area contributed by atoms with Gasteiger partial charge in [0.1, 0.15) is 5.69 Å². The predicted molar refractivity (Wildman–Crippen MR) is 75.4 cm³/mol. The zero-order chi connectivity index (χ0) is 15.0. The van der Waals surface area contributed by atoms with Gasteiger partial charge in [-0.1, -0.05) is 0 Å². The average Bonchev–Trinajstić information content (AvgIpc) is 3.08. The quantitative estimate of drug-likeness (QED) is 0.873. The van der Waals surface area contributed by atoms with E-state index in [4.69, 9.17) is 0 Å². The first-order chi connectivity index (χ1) is 10.0. The van der Waals surface area contributed by atoms with Crippen molar-refractivity contribution in [2.24, 2.45) is 7.05 Å². The van der Waals surface area contributed by atoms with Crippen molar-refractivity contribution in [3.05, 3.63) is 23.7 Å². The summed E-state index contributed by atoms with van der Waals surface area (Å²) in [5.74, 6) is 0.392. The Balaban J connectivity index is 2.08. The second-order valence-electron chi connectivity index (χ2n) is 5.27. The van der Waals surface area contributed by atoms with E-state index in [9.17, 15) is 8.78 Å². The summed E-state index contributed by atoms with van der Waals surface area (Å²) in [5, 5.41) is 4.24. The van der Waals surface area contributed by atoms with Crippen LogP contribution in [0.5, 0.6) is 0 Å². The molecule has 112 valence electrons. The third-order valence-electron chi connectivity index (χ3n) is 3.64. The summed E-state index contributed by atoms with van der Waals surface area (Å²) in [4.78, 5) is 10.4. The fourth-order valence-corrected chi connectivity index (χ4v) is 2.61. The van der Waals surface area contributed by atoms with Crippen LogP contribution >= 0.6 is 0 Å². The number of aromatic nitrogens is 4. The van der Waals surface area contributed by atoms with Crippen LogP contribution in [0.25, 0.3) is 11.3 Å². The van der Waals surface area contributed by atoms with Gasteiger partial charge in [0.05, 0.1) is 11.4 Å². The van der Waals surface area contributed by atoms with Gasteiger partial charge in [0.15, 0.2) is 0 Å². The van der Waals surface area contributed by atoms with Crippen LogP contribution in [0.2, 0.25) is 0 Å². The first kappa shape index (κ1) is 13.9. The molecule has 0 saturated carbocycles. The monoisotopic (exact) mass is 293 g/mol. The largest absolute Gasteiger partial charge is 0.341 e. The number of anilines is 1. The van der Waals surface area contributed by atoms with E-state index in [1.165, 1.54) is 6.07 Å². The van der Waals surface area contributed by atoms with Gasteiger partial charge < -0.3 is 4.90 Å². The van der Waals surface area contributed by atoms with E-state index in [1.54, 1.807) is 17.9 Å². The molecule has 21 heavy (non-hydrogen) atoms. The Morgan fingerprint density at radius 3 is 2.48 bits per heavy atom. The van der Waals surface area contributed by atoms with Gasteiger partial charge in [-0.3, -0.25) is 4.68 Å². The van der Waals surface area contributed by atoms with Crippen LogP contribution in [-0.4, -0.2) is 32.8 Å². The number of hydrogen-bond donors (Lipinski definition) is 0. The molecule has 0 unspecified atom stereocenters. The lowest BCUT2D eigenvalue weighted by Gasteiger charge is -2.17. The molecule has 0 bridgehead atoms. The van der Waals surface area contributed by atoms with E-state index in [2.05, 4.69) is 15.1 Å². The fourth-order valence-electron chi connectivity index (χ4n) is 2.61. The van der Waals surface area contributed by atoms with Crippen molar-refractivity contribution in [3.8, 4) is 11.3 Å². The van der Waals surface area contributed by atoms with Crippen molar-refractivity contribution >= 4 is 5.95 Å². The Morgan fingerprint density at radius 2 is 1.90 bits per heavy atom. The molecular formula is C14H17F2N5. The summed E-state index contributed by atoms with van der Waals surface area (Å²) < 4.78 is 27.9. The topological polar surface area (TPSA) is 46.8 Å². The maximum absolute atomic E-state index is 13.1. The van der Waals surface area contributed by atoms with Gasteiger partial charge >= 0.3 is 0 Å². The summed E-state index contributed by atoms with van der Waals surface area (Å²) >= 11 is 0. The highest BCUT2D eigenvalue weighted by molar-refractivity contribution is 5.63. The van der Waals surface area contributed by atoms with E-state index in [0.29, 0.717) is 11.6 Å². The third kappa shape index (κ3) is 2.72. The molecule has 2 aromatic rings. The average molecular weight is 293 g/mol. The lowest BCUT2D eigenvalue weighted by molar-refractivity contribution is 0.146. The lowest BCUT2D eigenvalue weighted by Crippen LogP contribution is -2.21. The molecule has 5 nitrogen and oxygen atoms in total. The first-order valence-corrected chi connectivity index (χ1v) is 6.97. The van der Waals surface area contributed by atoms with Crippen molar-refractivity contribution in [2.45, 2.75) is 26.2 Å². The normalized spacial score (nSPS) is 15.2. The van der Waals surface area contributed by atoms with E-state index in [-0.39, 0.29) is 5.69 Å². The molecule has 3 heterocycles. The van der Waals surface area contributed by atoms with Crippen LogP contribution in [0.4, 0.5) is 14.7 Å². The Labute approximate surface area is 121 Å². The molecule has 0 radical (unpaired) electrons. The maximum Gasteiger partial charge on any atom is 0.280 e. The van der Waals surface area contributed by atoms with E-state index in [1.807, 2.05) is 11.8 Å². The van der Waals surface area contributed by atoms with Crippen molar-refractivity contribution in [3.63, 3.8) is 0 Å². The Bertz CT molecular complexity index is 647. The van der Waals surface area contributed by atoms with Gasteiger partial charge in [0, 0.05) is 31.9 Å². The van der Waals surface area contributed by atoms with Crippen LogP contribution in [0.3, 0.4) is 0 Å². The van der Waals surface area contributed by atoms with Gasteiger partial charge in [-0.05, 0) is 25.8 Å². The van der Waals surface area contributed by atoms with E-state index >= 15 is 0 Å². The van der Waals surface area contributed by atoms with E-state index < -0.39 is 6.43 Å². The zero-order valence-electron chi connectivity index (χ0n) is 12.1. The van der Waals surface area contributed by atoms with Gasteiger partial charge in [-0.25, -0.2) is 18.7 Å². The summed E-state index contributed by atoms with van der Waals surface area (Å²) in [5.41, 5.74) is 1.81. The highest BCUT2D eigenvalue weighted by Gasteiger charge is 2.21. The molecule has 3 rings (SSSR count). The van der Waals surface area contributed by atoms with Crippen molar-refractivity contribution in [1.82, 2.24) is 19.7 Å². The fraction of sp³-hybridized carbons (Fsp3) is 0.500. The number of nitrogens with zero attached hydrogens (tertiary/aromatic N) is 5. The predicted octanol–water partition coefficient (Wildman–Crippen LogP) is 2.72. The molecule has 0 aliphatic carbocycles. The number of alkyl halides is 2. The van der Waals surface area contributed by atoms with Crippen molar-refractivity contribution < 1.29 is 8.78 Å². The molecule has 2 aromatic heterocycles. The minimum Gasteiger partial charge on any atom is -0.341 e. The molecule has 0 spiro atoms. The van der Waals surface area contributed by atoms with Crippen molar-refractivity contribution in [2.75, 3.05) is 18.0 Å². The Kier molecular flexibility index (Phi) is 3.57. The minimum atomic E-state index is -2.61. The summed E-state index contributed by atoms with van der Waals surface area (Å²) in [7, 11) is 1.80. The van der Waals surface area contributed by atoms with Crippen LogP contribution in [-0.2, 0) is 7.05 Å². The molecule has 7 heteroatoms. The molecule has 0 amide bonds. The van der Waals surface area contributed by atoms with Crippen molar-refractivity contribution in [1.29, 1.82) is 0 Å². The molecule has 1 aliphatic heterocycles. The maximum atomic E-state index is 13.1. The number of halogens is 2. The second-order valence-corrected chi connectivity index (χ2v) is 5.27. The summed E-state index contributed by atoms with van der Waals surface area (Å²) in [6.07, 6.45) is 1.28. The molecule has 1 fully saturated rings. The molecule has 1 saturated heterocycles. The van der Waals surface area contributed by atoms with Gasteiger partial charge in [-0.15, -0.1) is 0 Å². The second kappa shape index (κ2) is 5.38. The zero-order valence-corrected chi connectivity index (χ0v) is 12.1.